The highest BCUT2D eigenvalue weighted by Gasteiger charge is 2.46. The van der Waals surface area contributed by atoms with E-state index < -0.39 is 29.6 Å². The Morgan fingerprint density at radius 2 is 1.77 bits per heavy atom. The number of piperidine rings is 1. The largest absolute Gasteiger partial charge is 0.480 e. The topological polar surface area (TPSA) is 90.4 Å². The predicted molar refractivity (Wildman–Crippen MR) is 95.8 cm³/mol. The Hall–Kier alpha value is -1.83. The minimum absolute atomic E-state index is 0.171. The summed E-state index contributed by atoms with van der Waals surface area (Å²) in [7, 11) is 3.95. The number of carboxylic acids is 1. The average Bonchev–Trinajstić information content (AvgIpc) is 3.01. The van der Waals surface area contributed by atoms with E-state index in [2.05, 4.69) is 4.90 Å². The van der Waals surface area contributed by atoms with Crippen molar-refractivity contribution in [2.24, 2.45) is 5.92 Å². The van der Waals surface area contributed by atoms with Gasteiger partial charge in [-0.3, -0.25) is 9.69 Å². The maximum atomic E-state index is 13.0. The number of carboxylic acid groups (broad SMARTS) is 1. The van der Waals surface area contributed by atoms with Gasteiger partial charge >= 0.3 is 12.1 Å². The van der Waals surface area contributed by atoms with Gasteiger partial charge in [-0.15, -0.1) is 0 Å². The van der Waals surface area contributed by atoms with Crippen LogP contribution in [0.1, 0.15) is 40.0 Å². The molecule has 2 rings (SSSR count). The lowest BCUT2D eigenvalue weighted by molar-refractivity contribution is -0.154. The number of likely N-dealkylation sites (tertiary alicyclic amines) is 2. The van der Waals surface area contributed by atoms with Crippen LogP contribution in [0.4, 0.5) is 4.79 Å². The van der Waals surface area contributed by atoms with Gasteiger partial charge in [0.1, 0.15) is 11.6 Å². The molecule has 0 unspecified atom stereocenters. The van der Waals surface area contributed by atoms with E-state index in [0.29, 0.717) is 25.9 Å². The first-order chi connectivity index (χ1) is 12.0. The second-order valence-electron chi connectivity index (χ2n) is 8.40. The maximum Gasteiger partial charge on any atom is 0.411 e. The van der Waals surface area contributed by atoms with Crippen molar-refractivity contribution in [1.29, 1.82) is 0 Å². The molecule has 8 heteroatoms. The van der Waals surface area contributed by atoms with E-state index in [0.717, 1.165) is 6.42 Å². The predicted octanol–water partition coefficient (Wildman–Crippen LogP) is 1.25. The molecule has 0 aromatic rings. The van der Waals surface area contributed by atoms with Gasteiger partial charge < -0.3 is 19.6 Å². The minimum atomic E-state index is -1.18. The van der Waals surface area contributed by atoms with Gasteiger partial charge in [0.05, 0.1) is 5.92 Å². The number of rotatable bonds is 3. The molecule has 2 saturated heterocycles. The van der Waals surface area contributed by atoms with Gasteiger partial charge in [0.25, 0.3) is 0 Å². The first-order valence-electron chi connectivity index (χ1n) is 9.19. The third-order valence-corrected chi connectivity index (χ3v) is 5.03. The fourth-order valence-electron chi connectivity index (χ4n) is 3.68. The summed E-state index contributed by atoms with van der Waals surface area (Å²) in [6, 6.07) is -0.891. The molecule has 0 aromatic carbocycles. The zero-order valence-electron chi connectivity index (χ0n) is 16.4. The summed E-state index contributed by atoms with van der Waals surface area (Å²) in [5.41, 5.74) is -0.717. The Kier molecular flexibility index (Phi) is 6.16. The van der Waals surface area contributed by atoms with Crippen molar-refractivity contribution in [3.8, 4) is 0 Å². The lowest BCUT2D eigenvalue weighted by Gasteiger charge is -2.39. The minimum Gasteiger partial charge on any atom is -0.480 e. The number of amides is 2. The molecular weight excluding hydrogens is 338 g/mol. The molecule has 3 atom stereocenters. The Morgan fingerprint density at radius 3 is 2.27 bits per heavy atom. The SMILES string of the molecule is CN(C)[C@@H]1CCN(C(=O)[C@H]2CCCN(C(=O)OC(C)(C)C)[C@H]2C(=O)O)C1. The van der Waals surface area contributed by atoms with Gasteiger partial charge in [0.2, 0.25) is 5.91 Å². The summed E-state index contributed by atoms with van der Waals surface area (Å²) in [5.74, 6) is -2.05. The molecule has 2 fully saturated rings. The molecule has 26 heavy (non-hydrogen) atoms. The molecule has 0 saturated carbocycles. The van der Waals surface area contributed by atoms with E-state index in [1.54, 1.807) is 25.7 Å². The monoisotopic (exact) mass is 369 g/mol. The number of carbonyl (C=O) groups excluding carboxylic acids is 2. The molecule has 0 aliphatic carbocycles. The Balaban J connectivity index is 2.15. The number of ether oxygens (including phenoxy) is 1. The Bertz CT molecular complexity index is 558. The molecular formula is C18H31N3O5. The van der Waals surface area contributed by atoms with Crippen LogP contribution >= 0.6 is 0 Å². The fourth-order valence-corrected chi connectivity index (χ4v) is 3.68. The molecule has 0 radical (unpaired) electrons. The molecule has 2 amide bonds. The second kappa shape index (κ2) is 7.82. The Labute approximate surface area is 155 Å². The van der Waals surface area contributed by atoms with Crippen LogP contribution < -0.4 is 0 Å². The molecule has 2 aliphatic rings. The van der Waals surface area contributed by atoms with Crippen LogP contribution in [0.25, 0.3) is 0 Å². The van der Waals surface area contributed by atoms with Crippen LogP contribution in [0, 0.1) is 5.92 Å². The van der Waals surface area contributed by atoms with Crippen LogP contribution in [0.3, 0.4) is 0 Å². The summed E-state index contributed by atoms with van der Waals surface area (Å²) in [4.78, 5) is 42.4. The lowest BCUT2D eigenvalue weighted by Crippen LogP contribution is -2.57. The van der Waals surface area contributed by atoms with Gasteiger partial charge in [0.15, 0.2) is 0 Å². The van der Waals surface area contributed by atoms with E-state index in [-0.39, 0.29) is 18.5 Å². The maximum absolute atomic E-state index is 13.0. The van der Waals surface area contributed by atoms with Crippen LogP contribution in [-0.4, -0.2) is 89.2 Å². The third-order valence-electron chi connectivity index (χ3n) is 5.03. The highest BCUT2D eigenvalue weighted by atomic mass is 16.6. The van der Waals surface area contributed by atoms with E-state index in [1.165, 1.54) is 4.90 Å². The molecule has 2 heterocycles. The molecule has 0 aromatic heterocycles. The number of hydrogen-bond acceptors (Lipinski definition) is 5. The molecule has 1 N–H and O–H groups in total. The number of hydrogen-bond donors (Lipinski definition) is 1. The van der Waals surface area contributed by atoms with Crippen LogP contribution in [0.5, 0.6) is 0 Å². The number of nitrogens with zero attached hydrogens (tertiary/aromatic N) is 3. The van der Waals surface area contributed by atoms with Crippen molar-refractivity contribution in [2.45, 2.75) is 57.7 Å². The summed E-state index contributed by atoms with van der Waals surface area (Å²) >= 11 is 0. The second-order valence-corrected chi connectivity index (χ2v) is 8.40. The molecule has 148 valence electrons. The van der Waals surface area contributed by atoms with Gasteiger partial charge in [-0.1, -0.05) is 0 Å². The van der Waals surface area contributed by atoms with Gasteiger partial charge in [-0.25, -0.2) is 9.59 Å². The van der Waals surface area contributed by atoms with E-state index in [9.17, 15) is 19.5 Å². The first kappa shape index (κ1) is 20.5. The van der Waals surface area contributed by atoms with Crippen molar-refractivity contribution in [1.82, 2.24) is 14.7 Å². The molecule has 2 aliphatic heterocycles. The zero-order valence-corrected chi connectivity index (χ0v) is 16.4. The molecule has 0 bridgehead atoms. The fraction of sp³-hybridized carbons (Fsp3) is 0.833. The highest BCUT2D eigenvalue weighted by Crippen LogP contribution is 2.29. The molecule has 0 spiro atoms. The van der Waals surface area contributed by atoms with Gasteiger partial charge in [-0.2, -0.15) is 0 Å². The first-order valence-corrected chi connectivity index (χ1v) is 9.19. The molecule has 8 nitrogen and oxygen atoms in total. The quantitative estimate of drug-likeness (QED) is 0.805. The summed E-state index contributed by atoms with van der Waals surface area (Å²) in [6.07, 6.45) is 1.26. The average molecular weight is 369 g/mol. The normalized spacial score (nSPS) is 26.9. The van der Waals surface area contributed by atoms with E-state index in [1.807, 2.05) is 14.1 Å². The lowest BCUT2D eigenvalue weighted by atomic mass is 9.88. The third kappa shape index (κ3) is 4.66. The van der Waals surface area contributed by atoms with Crippen molar-refractivity contribution < 1.29 is 24.2 Å². The number of likely N-dealkylation sites (N-methyl/N-ethyl adjacent to an activating group) is 1. The van der Waals surface area contributed by atoms with Gasteiger partial charge in [-0.05, 0) is 54.1 Å². The smallest absolute Gasteiger partial charge is 0.411 e. The van der Waals surface area contributed by atoms with E-state index in [4.69, 9.17) is 4.74 Å². The van der Waals surface area contributed by atoms with Crippen LogP contribution in [-0.2, 0) is 14.3 Å². The number of carbonyl (C=O) groups is 3. The number of aliphatic carboxylic acids is 1. The summed E-state index contributed by atoms with van der Waals surface area (Å²) < 4.78 is 5.35. The van der Waals surface area contributed by atoms with Gasteiger partial charge in [0, 0.05) is 25.7 Å². The van der Waals surface area contributed by atoms with Crippen LogP contribution in [0.2, 0.25) is 0 Å². The van der Waals surface area contributed by atoms with Crippen molar-refractivity contribution in [3.63, 3.8) is 0 Å². The summed E-state index contributed by atoms with van der Waals surface area (Å²) in [5, 5.41) is 9.73. The summed E-state index contributed by atoms with van der Waals surface area (Å²) in [6.45, 7) is 6.71. The standard InChI is InChI=1S/C18H31N3O5/c1-18(2,3)26-17(25)21-9-6-7-13(14(21)16(23)24)15(22)20-10-8-12(11-20)19(4)5/h12-14H,6-11H2,1-5H3,(H,23,24)/t12-,13+,14-/m1/s1. The van der Waals surface area contributed by atoms with Crippen molar-refractivity contribution >= 4 is 18.0 Å². The highest BCUT2D eigenvalue weighted by molar-refractivity contribution is 5.89. The Morgan fingerprint density at radius 1 is 1.12 bits per heavy atom. The zero-order chi connectivity index (χ0) is 19.6. The van der Waals surface area contributed by atoms with Crippen LogP contribution in [0.15, 0.2) is 0 Å². The van der Waals surface area contributed by atoms with E-state index >= 15 is 0 Å². The van der Waals surface area contributed by atoms with Crippen molar-refractivity contribution in [2.75, 3.05) is 33.7 Å². The van der Waals surface area contributed by atoms with Crippen molar-refractivity contribution in [3.05, 3.63) is 0 Å².